The van der Waals surface area contributed by atoms with Gasteiger partial charge in [0.05, 0.1) is 23.7 Å². The molecule has 0 N–H and O–H groups in total. The SMILES string of the molecule is C=CCc1cc(C=Nn2c([C@H](C)CC)nc3ccc(Br)cc3c2=O)cc(OCC)c1OCc1ccc(Cl)cc1. The molecule has 1 aromatic heterocycles. The van der Waals surface area contributed by atoms with Crippen LogP contribution in [0.2, 0.25) is 5.02 Å². The maximum absolute atomic E-state index is 13.5. The zero-order valence-electron chi connectivity index (χ0n) is 22.3. The largest absolute Gasteiger partial charge is 0.490 e. The average Bonchev–Trinajstić information content (AvgIpc) is 2.93. The molecule has 0 unspecified atom stereocenters. The van der Waals surface area contributed by atoms with E-state index in [1.807, 2.05) is 68.5 Å². The van der Waals surface area contributed by atoms with Gasteiger partial charge in [0.1, 0.15) is 12.4 Å². The van der Waals surface area contributed by atoms with E-state index >= 15 is 0 Å². The molecule has 4 rings (SSSR count). The van der Waals surface area contributed by atoms with Crippen molar-refractivity contribution in [2.24, 2.45) is 5.10 Å². The van der Waals surface area contributed by atoms with Crippen LogP contribution in [-0.4, -0.2) is 22.5 Å². The van der Waals surface area contributed by atoms with Crippen molar-refractivity contribution >= 4 is 44.6 Å². The van der Waals surface area contributed by atoms with Gasteiger partial charge >= 0.3 is 0 Å². The molecule has 0 aliphatic carbocycles. The lowest BCUT2D eigenvalue weighted by Gasteiger charge is -2.17. The first-order chi connectivity index (χ1) is 18.8. The van der Waals surface area contributed by atoms with Gasteiger partial charge in [0, 0.05) is 21.0 Å². The van der Waals surface area contributed by atoms with E-state index in [0.717, 1.165) is 27.6 Å². The predicted molar refractivity (Wildman–Crippen MR) is 163 cm³/mol. The minimum absolute atomic E-state index is 0.0434. The van der Waals surface area contributed by atoms with Crippen LogP contribution in [-0.2, 0) is 13.0 Å². The third-order valence-corrected chi connectivity index (χ3v) is 7.07. The van der Waals surface area contributed by atoms with Crippen LogP contribution in [0.1, 0.15) is 55.6 Å². The first-order valence-corrected chi connectivity index (χ1v) is 14.1. The fourth-order valence-electron chi connectivity index (χ4n) is 4.13. The molecule has 0 saturated heterocycles. The van der Waals surface area contributed by atoms with Gasteiger partial charge in [-0.1, -0.05) is 59.6 Å². The van der Waals surface area contributed by atoms with Gasteiger partial charge < -0.3 is 9.47 Å². The van der Waals surface area contributed by atoms with Crippen molar-refractivity contribution in [1.82, 2.24) is 9.66 Å². The Kier molecular flexibility index (Phi) is 9.59. The summed E-state index contributed by atoms with van der Waals surface area (Å²) in [6.45, 7) is 10.8. The highest BCUT2D eigenvalue weighted by Crippen LogP contribution is 2.34. The molecule has 0 fully saturated rings. The molecule has 39 heavy (non-hydrogen) atoms. The molecule has 8 heteroatoms. The minimum atomic E-state index is -0.216. The van der Waals surface area contributed by atoms with Crippen LogP contribution in [0.4, 0.5) is 0 Å². The maximum atomic E-state index is 13.5. The molecule has 4 aromatic rings. The number of halogens is 2. The summed E-state index contributed by atoms with van der Waals surface area (Å²) in [6.07, 6.45) is 4.87. The van der Waals surface area contributed by atoms with Crippen molar-refractivity contribution in [1.29, 1.82) is 0 Å². The molecule has 202 valence electrons. The summed E-state index contributed by atoms with van der Waals surface area (Å²) in [5, 5.41) is 5.80. The van der Waals surface area contributed by atoms with Gasteiger partial charge in [-0.2, -0.15) is 9.78 Å². The monoisotopic (exact) mass is 607 g/mol. The molecule has 0 radical (unpaired) electrons. The number of nitrogens with zero attached hydrogens (tertiary/aromatic N) is 3. The van der Waals surface area contributed by atoms with E-state index in [4.69, 9.17) is 26.1 Å². The Morgan fingerprint density at radius 2 is 1.90 bits per heavy atom. The third-order valence-electron chi connectivity index (χ3n) is 6.32. The fourth-order valence-corrected chi connectivity index (χ4v) is 4.62. The number of ether oxygens (including phenoxy) is 2. The van der Waals surface area contributed by atoms with Crippen LogP contribution in [0.3, 0.4) is 0 Å². The number of fused-ring (bicyclic) bond motifs is 1. The predicted octanol–water partition coefficient (Wildman–Crippen LogP) is 7.91. The second-order valence-corrected chi connectivity index (χ2v) is 10.5. The van der Waals surface area contributed by atoms with E-state index in [1.54, 1.807) is 12.3 Å². The van der Waals surface area contributed by atoms with Crippen molar-refractivity contribution < 1.29 is 9.47 Å². The van der Waals surface area contributed by atoms with Crippen LogP contribution < -0.4 is 15.0 Å². The van der Waals surface area contributed by atoms with E-state index in [9.17, 15) is 4.79 Å². The summed E-state index contributed by atoms with van der Waals surface area (Å²) in [5.74, 6) is 1.91. The lowest BCUT2D eigenvalue weighted by Crippen LogP contribution is -2.23. The minimum Gasteiger partial charge on any atom is -0.490 e. The maximum Gasteiger partial charge on any atom is 0.282 e. The Morgan fingerprint density at radius 3 is 2.59 bits per heavy atom. The molecule has 1 atom stereocenters. The van der Waals surface area contributed by atoms with Gasteiger partial charge in [-0.3, -0.25) is 4.79 Å². The molecule has 6 nitrogen and oxygen atoms in total. The summed E-state index contributed by atoms with van der Waals surface area (Å²) in [5.41, 5.74) is 3.10. The van der Waals surface area contributed by atoms with Gasteiger partial charge in [0.25, 0.3) is 5.56 Å². The van der Waals surface area contributed by atoms with Gasteiger partial charge in [-0.25, -0.2) is 4.98 Å². The van der Waals surface area contributed by atoms with E-state index in [-0.39, 0.29) is 11.5 Å². The summed E-state index contributed by atoms with van der Waals surface area (Å²) >= 11 is 9.48. The second-order valence-electron chi connectivity index (χ2n) is 9.15. The number of aromatic nitrogens is 2. The second kappa shape index (κ2) is 13.1. The van der Waals surface area contributed by atoms with Crippen molar-refractivity contribution in [3.63, 3.8) is 0 Å². The normalized spacial score (nSPS) is 12.1. The lowest BCUT2D eigenvalue weighted by molar-refractivity contribution is 0.267. The third kappa shape index (κ3) is 6.78. The average molecular weight is 609 g/mol. The topological polar surface area (TPSA) is 65.7 Å². The molecule has 1 heterocycles. The molecule has 3 aromatic carbocycles. The van der Waals surface area contributed by atoms with Gasteiger partial charge in [-0.15, -0.1) is 6.58 Å². The van der Waals surface area contributed by atoms with Gasteiger partial charge in [-0.05, 0) is 73.4 Å². The molecular weight excluding hydrogens is 578 g/mol. The number of hydrogen-bond donors (Lipinski definition) is 0. The summed E-state index contributed by atoms with van der Waals surface area (Å²) in [4.78, 5) is 18.3. The first-order valence-electron chi connectivity index (χ1n) is 12.9. The first kappa shape index (κ1) is 28.6. The van der Waals surface area contributed by atoms with Crippen LogP contribution in [0, 0.1) is 0 Å². The Balaban J connectivity index is 1.76. The molecule has 0 aliphatic rings. The molecule has 0 bridgehead atoms. The lowest BCUT2D eigenvalue weighted by atomic mass is 10.1. The Labute approximate surface area is 242 Å². The van der Waals surface area contributed by atoms with E-state index in [1.165, 1.54) is 4.68 Å². The van der Waals surface area contributed by atoms with Crippen molar-refractivity contribution in [2.45, 2.75) is 46.1 Å². The Bertz CT molecular complexity index is 1560. The highest BCUT2D eigenvalue weighted by atomic mass is 79.9. The van der Waals surface area contributed by atoms with Crippen molar-refractivity contribution in [3.05, 3.63) is 110 Å². The van der Waals surface area contributed by atoms with Crippen LogP contribution in [0.5, 0.6) is 11.5 Å². The summed E-state index contributed by atoms with van der Waals surface area (Å²) in [6, 6.07) is 16.9. The van der Waals surface area contributed by atoms with Crippen LogP contribution in [0.15, 0.2) is 81.6 Å². The molecule has 0 amide bonds. The zero-order valence-corrected chi connectivity index (χ0v) is 24.6. The summed E-state index contributed by atoms with van der Waals surface area (Å²) in [7, 11) is 0. The Hall–Kier alpha value is -3.42. The number of allylic oxidation sites excluding steroid dienone is 1. The molecular formula is C31H31BrClN3O3. The standard InChI is InChI=1S/C31H31BrClN3O3/c1-5-8-23-15-22(16-28(38-7-3)29(23)39-19-21-9-12-25(33)13-10-21)18-34-36-30(20(4)6-2)35-27-14-11-24(32)17-26(27)31(36)37/h5,9-18,20H,1,6-8,19H2,2-4H3/t20-/m1/s1. The van der Waals surface area contributed by atoms with Crippen LogP contribution in [0.25, 0.3) is 10.9 Å². The fraction of sp³-hybridized carbons (Fsp3) is 0.258. The van der Waals surface area contributed by atoms with Crippen molar-refractivity contribution in [3.8, 4) is 11.5 Å². The Morgan fingerprint density at radius 1 is 1.13 bits per heavy atom. The van der Waals surface area contributed by atoms with Crippen molar-refractivity contribution in [2.75, 3.05) is 6.61 Å². The van der Waals surface area contributed by atoms with Crippen LogP contribution >= 0.6 is 27.5 Å². The highest BCUT2D eigenvalue weighted by molar-refractivity contribution is 9.10. The smallest absolute Gasteiger partial charge is 0.282 e. The number of hydrogen-bond acceptors (Lipinski definition) is 5. The van der Waals surface area contributed by atoms with E-state index < -0.39 is 0 Å². The van der Waals surface area contributed by atoms with E-state index in [2.05, 4.69) is 34.5 Å². The molecule has 0 spiro atoms. The molecule has 0 saturated carbocycles. The highest BCUT2D eigenvalue weighted by Gasteiger charge is 2.17. The van der Waals surface area contributed by atoms with E-state index in [0.29, 0.717) is 52.9 Å². The van der Waals surface area contributed by atoms with Gasteiger partial charge in [0.2, 0.25) is 0 Å². The number of benzene rings is 3. The van der Waals surface area contributed by atoms with Gasteiger partial charge in [0.15, 0.2) is 11.5 Å². The summed E-state index contributed by atoms with van der Waals surface area (Å²) < 4.78 is 14.4. The molecule has 0 aliphatic heterocycles. The number of rotatable bonds is 11. The zero-order chi connectivity index (χ0) is 27.9. The quantitative estimate of drug-likeness (QED) is 0.128.